The number of hydrogen-bond donors (Lipinski definition) is 2. The van der Waals surface area contributed by atoms with Crippen LogP contribution in [0, 0.1) is 0 Å². The van der Waals surface area contributed by atoms with Crippen molar-refractivity contribution in [1.82, 2.24) is 10.4 Å². The highest BCUT2D eigenvalue weighted by molar-refractivity contribution is 7.92. The molecule has 0 unspecified atom stereocenters. The highest BCUT2D eigenvalue weighted by Gasteiger charge is 2.30. The van der Waals surface area contributed by atoms with Gasteiger partial charge in [-0.05, 0) is 42.5 Å². The van der Waals surface area contributed by atoms with E-state index in [2.05, 4.69) is 10.1 Å². The van der Waals surface area contributed by atoms with Crippen molar-refractivity contribution in [3.05, 3.63) is 59.7 Å². The molecule has 0 heterocycles. The van der Waals surface area contributed by atoms with Gasteiger partial charge in [-0.1, -0.05) is 6.07 Å². The number of benzene rings is 2. The molecule has 2 aromatic rings. The number of alkyl halides is 3. The normalized spacial score (nSPS) is 12.1. The van der Waals surface area contributed by atoms with Gasteiger partial charge in [0.2, 0.25) is 0 Å². The SMILES string of the molecule is CN(C)NC(=O)c1ccc(S(=O)(=O)Nc2cccc(C(F)(F)F)c2)cc1. The van der Waals surface area contributed by atoms with Crippen LogP contribution in [0.1, 0.15) is 15.9 Å². The Kier molecular flexibility index (Phi) is 5.57. The van der Waals surface area contributed by atoms with Crippen LogP contribution in [0.2, 0.25) is 0 Å². The fourth-order valence-electron chi connectivity index (χ4n) is 2.03. The van der Waals surface area contributed by atoms with Gasteiger partial charge in [0.05, 0.1) is 10.5 Å². The number of anilines is 1. The summed E-state index contributed by atoms with van der Waals surface area (Å²) in [6.07, 6.45) is -4.58. The van der Waals surface area contributed by atoms with Gasteiger partial charge in [0, 0.05) is 25.3 Å². The molecule has 1 amide bonds. The van der Waals surface area contributed by atoms with Crippen LogP contribution >= 0.6 is 0 Å². The minimum Gasteiger partial charge on any atom is -0.285 e. The first-order chi connectivity index (χ1) is 12.0. The van der Waals surface area contributed by atoms with Gasteiger partial charge in [0.15, 0.2) is 0 Å². The smallest absolute Gasteiger partial charge is 0.285 e. The fourth-order valence-corrected chi connectivity index (χ4v) is 3.08. The number of carbonyl (C=O) groups excluding carboxylic acids is 1. The molecule has 0 aliphatic carbocycles. The molecule has 26 heavy (non-hydrogen) atoms. The summed E-state index contributed by atoms with van der Waals surface area (Å²) < 4.78 is 64.9. The van der Waals surface area contributed by atoms with Crippen LogP contribution < -0.4 is 10.1 Å². The van der Waals surface area contributed by atoms with Gasteiger partial charge in [0.1, 0.15) is 0 Å². The summed E-state index contributed by atoms with van der Waals surface area (Å²) in [5.41, 5.74) is 1.56. The summed E-state index contributed by atoms with van der Waals surface area (Å²) in [6, 6.07) is 8.87. The van der Waals surface area contributed by atoms with Gasteiger partial charge in [0.25, 0.3) is 15.9 Å². The standard InChI is InChI=1S/C16H16F3N3O3S/c1-22(2)20-15(23)11-6-8-14(9-7-11)26(24,25)21-13-5-3-4-12(10-13)16(17,18)19/h3-10,21H,1-2H3,(H,20,23). The van der Waals surface area contributed by atoms with Crippen LogP contribution in [-0.4, -0.2) is 33.4 Å². The average molecular weight is 387 g/mol. The molecular weight excluding hydrogens is 371 g/mol. The van der Waals surface area contributed by atoms with Crippen molar-refractivity contribution in [1.29, 1.82) is 0 Å². The lowest BCUT2D eigenvalue weighted by molar-refractivity contribution is -0.137. The predicted octanol–water partition coefficient (Wildman–Crippen LogP) is 2.71. The van der Waals surface area contributed by atoms with Gasteiger partial charge < -0.3 is 0 Å². The van der Waals surface area contributed by atoms with E-state index in [4.69, 9.17) is 0 Å². The molecule has 2 N–H and O–H groups in total. The van der Waals surface area contributed by atoms with Crippen LogP contribution in [0.25, 0.3) is 0 Å². The third-order valence-corrected chi connectivity index (χ3v) is 4.59. The van der Waals surface area contributed by atoms with E-state index in [-0.39, 0.29) is 16.1 Å². The summed E-state index contributed by atoms with van der Waals surface area (Å²) >= 11 is 0. The van der Waals surface area contributed by atoms with Crippen molar-refractivity contribution in [3.8, 4) is 0 Å². The van der Waals surface area contributed by atoms with E-state index in [1.807, 2.05) is 0 Å². The molecule has 0 aliphatic heterocycles. The number of rotatable bonds is 5. The van der Waals surface area contributed by atoms with Crippen molar-refractivity contribution in [2.75, 3.05) is 18.8 Å². The molecule has 0 aliphatic rings. The van der Waals surface area contributed by atoms with E-state index in [0.29, 0.717) is 6.07 Å². The van der Waals surface area contributed by atoms with Crippen molar-refractivity contribution < 1.29 is 26.4 Å². The molecule has 2 rings (SSSR count). The Morgan fingerprint density at radius 3 is 2.19 bits per heavy atom. The number of nitrogens with one attached hydrogen (secondary N) is 2. The first-order valence-corrected chi connectivity index (χ1v) is 8.76. The Morgan fingerprint density at radius 1 is 1.04 bits per heavy atom. The van der Waals surface area contributed by atoms with Crippen molar-refractivity contribution >= 4 is 21.6 Å². The molecule has 0 fully saturated rings. The van der Waals surface area contributed by atoms with Gasteiger partial charge in [-0.2, -0.15) is 13.2 Å². The zero-order valence-corrected chi connectivity index (χ0v) is 14.6. The van der Waals surface area contributed by atoms with Crippen LogP contribution in [0.4, 0.5) is 18.9 Å². The van der Waals surface area contributed by atoms with Crippen molar-refractivity contribution in [2.24, 2.45) is 0 Å². The molecule has 0 aromatic heterocycles. The molecule has 140 valence electrons. The van der Waals surface area contributed by atoms with E-state index in [1.165, 1.54) is 35.3 Å². The maximum atomic E-state index is 12.7. The second-order valence-electron chi connectivity index (χ2n) is 5.54. The third kappa shape index (κ3) is 4.96. The lowest BCUT2D eigenvalue weighted by Crippen LogP contribution is -2.36. The maximum absolute atomic E-state index is 12.7. The minimum atomic E-state index is -4.58. The number of sulfonamides is 1. The summed E-state index contributed by atoms with van der Waals surface area (Å²) in [7, 11) is -0.859. The highest BCUT2D eigenvalue weighted by atomic mass is 32.2. The summed E-state index contributed by atoms with van der Waals surface area (Å²) in [6.45, 7) is 0. The Bertz CT molecular complexity index is 895. The van der Waals surface area contributed by atoms with Gasteiger partial charge in [-0.15, -0.1) is 0 Å². The van der Waals surface area contributed by atoms with Crippen LogP contribution in [0.15, 0.2) is 53.4 Å². The van der Waals surface area contributed by atoms with E-state index < -0.39 is 27.7 Å². The van der Waals surface area contributed by atoms with E-state index >= 15 is 0 Å². The first-order valence-electron chi connectivity index (χ1n) is 7.27. The topological polar surface area (TPSA) is 78.5 Å². The molecule has 0 spiro atoms. The lowest BCUT2D eigenvalue weighted by atomic mass is 10.2. The maximum Gasteiger partial charge on any atom is 0.416 e. The lowest BCUT2D eigenvalue weighted by Gasteiger charge is -2.13. The number of hydrogen-bond acceptors (Lipinski definition) is 4. The molecule has 10 heteroatoms. The molecule has 0 saturated carbocycles. The second-order valence-corrected chi connectivity index (χ2v) is 7.23. The quantitative estimate of drug-likeness (QED) is 0.774. The zero-order valence-electron chi connectivity index (χ0n) is 13.8. The van der Waals surface area contributed by atoms with Gasteiger partial charge in [-0.25, -0.2) is 13.4 Å². The molecule has 6 nitrogen and oxygen atoms in total. The number of nitrogens with zero attached hydrogens (tertiary/aromatic N) is 1. The molecule has 2 aromatic carbocycles. The molecular formula is C16H16F3N3O3S. The zero-order chi connectivity index (χ0) is 19.5. The Morgan fingerprint density at radius 2 is 1.65 bits per heavy atom. The third-order valence-electron chi connectivity index (χ3n) is 3.19. The Hall–Kier alpha value is -2.59. The highest BCUT2D eigenvalue weighted by Crippen LogP contribution is 2.31. The Labute approximate surface area is 148 Å². The molecule has 0 atom stereocenters. The van der Waals surface area contributed by atoms with Gasteiger partial charge in [-0.3, -0.25) is 14.9 Å². The van der Waals surface area contributed by atoms with E-state index in [0.717, 1.165) is 12.1 Å². The summed E-state index contributed by atoms with van der Waals surface area (Å²) in [5, 5.41) is 1.43. The second kappa shape index (κ2) is 7.34. The van der Waals surface area contributed by atoms with E-state index in [9.17, 15) is 26.4 Å². The largest absolute Gasteiger partial charge is 0.416 e. The van der Waals surface area contributed by atoms with Crippen molar-refractivity contribution in [3.63, 3.8) is 0 Å². The molecule has 0 bridgehead atoms. The average Bonchev–Trinajstić information content (AvgIpc) is 2.53. The summed E-state index contributed by atoms with van der Waals surface area (Å²) in [5.74, 6) is -0.426. The number of carbonyl (C=O) groups is 1. The number of halogens is 3. The fraction of sp³-hybridized carbons (Fsp3) is 0.188. The Balaban J connectivity index is 2.22. The first kappa shape index (κ1) is 19.7. The van der Waals surface area contributed by atoms with Crippen LogP contribution in [-0.2, 0) is 16.2 Å². The van der Waals surface area contributed by atoms with Crippen LogP contribution in [0.5, 0.6) is 0 Å². The summed E-state index contributed by atoms with van der Waals surface area (Å²) in [4.78, 5) is 11.6. The monoisotopic (exact) mass is 387 g/mol. The van der Waals surface area contributed by atoms with E-state index in [1.54, 1.807) is 14.1 Å². The number of hydrazine groups is 1. The molecule has 0 saturated heterocycles. The van der Waals surface area contributed by atoms with Crippen molar-refractivity contribution in [2.45, 2.75) is 11.1 Å². The van der Waals surface area contributed by atoms with Crippen LogP contribution in [0.3, 0.4) is 0 Å². The number of amides is 1. The minimum absolute atomic E-state index is 0.184. The van der Waals surface area contributed by atoms with Gasteiger partial charge >= 0.3 is 6.18 Å². The molecule has 0 radical (unpaired) electrons. The predicted molar refractivity (Wildman–Crippen MR) is 89.8 cm³/mol.